The molecule has 0 aliphatic rings. The minimum Gasteiger partial charge on any atom is -0.406 e. The lowest BCUT2D eigenvalue weighted by molar-refractivity contribution is 0.510. The number of nitrogens with two attached hydrogens (primary N) is 1. The number of nitrogens with one attached hydrogen (secondary N) is 1. The summed E-state index contributed by atoms with van der Waals surface area (Å²) < 4.78 is 18.4. The van der Waals surface area contributed by atoms with Crippen LogP contribution >= 0.6 is 11.6 Å². The van der Waals surface area contributed by atoms with E-state index >= 15 is 0 Å². The second-order valence-corrected chi connectivity index (χ2v) is 3.39. The molecule has 0 bridgehead atoms. The number of rotatable bonds is 3. The highest BCUT2D eigenvalue weighted by molar-refractivity contribution is 6.30. The van der Waals surface area contributed by atoms with Gasteiger partial charge in [-0.15, -0.1) is 5.10 Å². The van der Waals surface area contributed by atoms with Gasteiger partial charge in [0.25, 0.3) is 0 Å². The smallest absolute Gasteiger partial charge is 0.320 e. The SMILES string of the molecule is NCc1nnc(Nc2cc(Cl)ccc2F)o1. The lowest BCUT2D eigenvalue weighted by atomic mass is 10.3. The Morgan fingerprint density at radius 1 is 1.44 bits per heavy atom. The number of anilines is 2. The fourth-order valence-corrected chi connectivity index (χ4v) is 1.27. The molecule has 0 saturated heterocycles. The highest BCUT2D eigenvalue weighted by Crippen LogP contribution is 2.22. The Morgan fingerprint density at radius 2 is 2.25 bits per heavy atom. The van der Waals surface area contributed by atoms with Gasteiger partial charge >= 0.3 is 6.01 Å². The summed E-state index contributed by atoms with van der Waals surface area (Å²) in [6.45, 7) is 0.132. The van der Waals surface area contributed by atoms with E-state index in [0.717, 1.165) is 0 Å². The molecule has 0 aliphatic heterocycles. The van der Waals surface area contributed by atoms with Gasteiger partial charge in [-0.1, -0.05) is 16.7 Å². The number of hydrogen-bond donors (Lipinski definition) is 2. The molecule has 2 aromatic rings. The Hall–Kier alpha value is -1.66. The van der Waals surface area contributed by atoms with E-state index in [9.17, 15) is 4.39 Å². The summed E-state index contributed by atoms with van der Waals surface area (Å²) in [5, 5.41) is 10.3. The molecule has 0 spiro atoms. The molecular formula is C9H8ClFN4O. The molecule has 0 unspecified atom stereocenters. The quantitative estimate of drug-likeness (QED) is 0.862. The van der Waals surface area contributed by atoms with Gasteiger partial charge in [-0.05, 0) is 18.2 Å². The van der Waals surface area contributed by atoms with Crippen LogP contribution in [-0.4, -0.2) is 10.2 Å². The summed E-state index contributed by atoms with van der Waals surface area (Å²) in [6.07, 6.45) is 0. The van der Waals surface area contributed by atoms with Gasteiger partial charge in [0.05, 0.1) is 12.2 Å². The van der Waals surface area contributed by atoms with Crippen molar-refractivity contribution in [2.45, 2.75) is 6.54 Å². The predicted octanol–water partition coefficient (Wildman–Crippen LogP) is 2.06. The third-order valence-electron chi connectivity index (χ3n) is 1.81. The van der Waals surface area contributed by atoms with E-state index in [-0.39, 0.29) is 24.1 Å². The first kappa shape index (κ1) is 10.8. The van der Waals surface area contributed by atoms with Gasteiger partial charge < -0.3 is 15.5 Å². The topological polar surface area (TPSA) is 77.0 Å². The molecule has 16 heavy (non-hydrogen) atoms. The molecule has 1 aromatic carbocycles. The van der Waals surface area contributed by atoms with Crippen molar-refractivity contribution in [3.63, 3.8) is 0 Å². The Balaban J connectivity index is 2.22. The van der Waals surface area contributed by atoms with Crippen LogP contribution in [0.1, 0.15) is 5.89 Å². The zero-order valence-electron chi connectivity index (χ0n) is 8.08. The summed E-state index contributed by atoms with van der Waals surface area (Å²) in [4.78, 5) is 0. The van der Waals surface area contributed by atoms with Crippen LogP contribution in [0.3, 0.4) is 0 Å². The number of nitrogens with zero attached hydrogens (tertiary/aromatic N) is 2. The van der Waals surface area contributed by atoms with Gasteiger partial charge in [-0.25, -0.2) is 4.39 Å². The Morgan fingerprint density at radius 3 is 2.94 bits per heavy atom. The van der Waals surface area contributed by atoms with Crippen molar-refractivity contribution < 1.29 is 8.81 Å². The Labute approximate surface area is 95.4 Å². The van der Waals surface area contributed by atoms with E-state index in [1.165, 1.54) is 18.2 Å². The van der Waals surface area contributed by atoms with Gasteiger partial charge in [-0.3, -0.25) is 0 Å². The van der Waals surface area contributed by atoms with Crippen LogP contribution in [0.15, 0.2) is 22.6 Å². The lowest BCUT2D eigenvalue weighted by Crippen LogP contribution is -1.95. The van der Waals surface area contributed by atoms with Crippen LogP contribution in [0.25, 0.3) is 0 Å². The Bertz CT molecular complexity index is 502. The molecule has 2 rings (SSSR count). The maximum atomic E-state index is 13.3. The second kappa shape index (κ2) is 4.46. The van der Waals surface area contributed by atoms with E-state index in [1.807, 2.05) is 0 Å². The van der Waals surface area contributed by atoms with Crippen molar-refractivity contribution in [3.8, 4) is 0 Å². The number of hydrogen-bond acceptors (Lipinski definition) is 5. The highest BCUT2D eigenvalue weighted by atomic mass is 35.5. The van der Waals surface area contributed by atoms with Crippen molar-refractivity contribution in [2.24, 2.45) is 5.73 Å². The molecule has 3 N–H and O–H groups in total. The van der Waals surface area contributed by atoms with E-state index < -0.39 is 5.82 Å². The standard InChI is InChI=1S/C9H8ClFN4O/c10-5-1-2-6(11)7(3-5)13-9-15-14-8(4-12)16-9/h1-3H,4,12H2,(H,13,15). The van der Waals surface area contributed by atoms with Crippen molar-refractivity contribution in [1.82, 2.24) is 10.2 Å². The molecule has 0 aliphatic carbocycles. The van der Waals surface area contributed by atoms with E-state index in [2.05, 4.69) is 15.5 Å². The van der Waals surface area contributed by atoms with Gasteiger partial charge in [0.1, 0.15) is 5.82 Å². The van der Waals surface area contributed by atoms with Gasteiger partial charge in [0.15, 0.2) is 0 Å². The first-order chi connectivity index (χ1) is 7.69. The first-order valence-corrected chi connectivity index (χ1v) is 4.81. The normalized spacial score (nSPS) is 10.4. The van der Waals surface area contributed by atoms with Crippen LogP contribution in [-0.2, 0) is 6.54 Å². The monoisotopic (exact) mass is 242 g/mol. The fourth-order valence-electron chi connectivity index (χ4n) is 1.10. The average Bonchev–Trinajstić information content (AvgIpc) is 2.71. The number of halogens is 2. The molecule has 7 heteroatoms. The Kier molecular flexibility index (Phi) is 3.02. The second-order valence-electron chi connectivity index (χ2n) is 2.95. The van der Waals surface area contributed by atoms with Gasteiger partial charge in [0.2, 0.25) is 5.89 Å². The summed E-state index contributed by atoms with van der Waals surface area (Å²) in [5.41, 5.74) is 5.46. The third-order valence-corrected chi connectivity index (χ3v) is 2.05. The van der Waals surface area contributed by atoms with Crippen LogP contribution in [0.2, 0.25) is 5.02 Å². The third kappa shape index (κ3) is 2.29. The van der Waals surface area contributed by atoms with Crippen LogP contribution in [0.5, 0.6) is 0 Å². The summed E-state index contributed by atoms with van der Waals surface area (Å²) >= 11 is 5.72. The average molecular weight is 243 g/mol. The molecular weight excluding hydrogens is 235 g/mol. The molecule has 84 valence electrons. The largest absolute Gasteiger partial charge is 0.406 e. The maximum absolute atomic E-state index is 13.3. The van der Waals surface area contributed by atoms with Gasteiger partial charge in [0, 0.05) is 5.02 Å². The molecule has 0 saturated carbocycles. The lowest BCUT2D eigenvalue weighted by Gasteiger charge is -2.02. The minimum atomic E-state index is -0.461. The summed E-state index contributed by atoms with van der Waals surface area (Å²) in [6, 6.07) is 4.18. The zero-order chi connectivity index (χ0) is 11.5. The highest BCUT2D eigenvalue weighted by Gasteiger charge is 2.08. The van der Waals surface area contributed by atoms with Crippen molar-refractivity contribution in [2.75, 3.05) is 5.32 Å². The molecule has 5 nitrogen and oxygen atoms in total. The van der Waals surface area contributed by atoms with Crippen LogP contribution in [0.4, 0.5) is 16.1 Å². The predicted molar refractivity (Wildman–Crippen MR) is 56.9 cm³/mol. The first-order valence-electron chi connectivity index (χ1n) is 4.43. The molecule has 0 fully saturated rings. The fraction of sp³-hybridized carbons (Fsp3) is 0.111. The number of aromatic nitrogens is 2. The van der Waals surface area contributed by atoms with Gasteiger partial charge in [-0.2, -0.15) is 0 Å². The molecule has 1 aromatic heterocycles. The van der Waals surface area contributed by atoms with Crippen LogP contribution in [0, 0.1) is 5.82 Å². The summed E-state index contributed by atoms with van der Waals surface area (Å²) in [5.74, 6) is -0.193. The summed E-state index contributed by atoms with van der Waals surface area (Å²) in [7, 11) is 0. The van der Waals surface area contributed by atoms with Crippen molar-refractivity contribution >= 4 is 23.3 Å². The van der Waals surface area contributed by atoms with E-state index in [1.54, 1.807) is 0 Å². The zero-order valence-corrected chi connectivity index (χ0v) is 8.83. The molecule has 0 radical (unpaired) electrons. The maximum Gasteiger partial charge on any atom is 0.320 e. The molecule has 1 heterocycles. The van der Waals surface area contributed by atoms with Crippen LogP contribution < -0.4 is 11.1 Å². The van der Waals surface area contributed by atoms with E-state index in [0.29, 0.717) is 5.02 Å². The molecule has 0 atom stereocenters. The minimum absolute atomic E-state index is 0.0709. The van der Waals surface area contributed by atoms with Crippen molar-refractivity contribution in [3.05, 3.63) is 34.9 Å². The number of benzene rings is 1. The molecule has 0 amide bonds. The van der Waals surface area contributed by atoms with Crippen molar-refractivity contribution in [1.29, 1.82) is 0 Å². The van der Waals surface area contributed by atoms with E-state index in [4.69, 9.17) is 21.8 Å².